The lowest BCUT2D eigenvalue weighted by Crippen LogP contribution is -2.49. The first-order valence-electron chi connectivity index (χ1n) is 10.8. The molecule has 5 nitrogen and oxygen atoms in total. The van der Waals surface area contributed by atoms with Gasteiger partial charge in [0.05, 0.1) is 4.34 Å². The summed E-state index contributed by atoms with van der Waals surface area (Å²) in [6, 6.07) is 12.9. The summed E-state index contributed by atoms with van der Waals surface area (Å²) in [7, 11) is 0. The highest BCUT2D eigenvalue weighted by atomic mass is 35.5. The molecule has 0 aliphatic carbocycles. The van der Waals surface area contributed by atoms with Crippen molar-refractivity contribution >= 4 is 34.5 Å². The van der Waals surface area contributed by atoms with Crippen molar-refractivity contribution in [3.05, 3.63) is 51.2 Å². The van der Waals surface area contributed by atoms with Crippen LogP contribution in [0.15, 0.2) is 36.4 Å². The van der Waals surface area contributed by atoms with E-state index in [0.29, 0.717) is 6.04 Å². The molecular formula is C23H31ClN4OS. The van der Waals surface area contributed by atoms with Gasteiger partial charge >= 0.3 is 0 Å². The van der Waals surface area contributed by atoms with Crippen molar-refractivity contribution in [2.75, 3.05) is 57.3 Å². The largest absolute Gasteiger partial charge is 0.369 e. The van der Waals surface area contributed by atoms with Gasteiger partial charge in [-0.25, -0.2) is 0 Å². The van der Waals surface area contributed by atoms with Crippen LogP contribution in [0.3, 0.4) is 0 Å². The van der Waals surface area contributed by atoms with Crippen LogP contribution < -0.4 is 4.90 Å². The molecule has 2 aliphatic heterocycles. The van der Waals surface area contributed by atoms with Gasteiger partial charge in [0.2, 0.25) is 0 Å². The number of amides is 1. The fourth-order valence-electron chi connectivity index (χ4n) is 4.26. The minimum atomic E-state index is 0.144. The van der Waals surface area contributed by atoms with Crippen LogP contribution in [0.4, 0.5) is 5.69 Å². The van der Waals surface area contributed by atoms with Gasteiger partial charge in [0, 0.05) is 81.1 Å². The Morgan fingerprint density at radius 3 is 2.17 bits per heavy atom. The normalized spacial score (nSPS) is 18.9. The number of rotatable bonds is 5. The van der Waals surface area contributed by atoms with Crippen molar-refractivity contribution < 1.29 is 4.79 Å². The van der Waals surface area contributed by atoms with Crippen LogP contribution >= 0.6 is 22.9 Å². The molecule has 162 valence electrons. The van der Waals surface area contributed by atoms with Gasteiger partial charge in [-0.05, 0) is 50.2 Å². The number of halogens is 1. The van der Waals surface area contributed by atoms with E-state index in [4.69, 9.17) is 11.6 Å². The number of hydrogen-bond donors (Lipinski definition) is 0. The lowest BCUT2D eigenvalue weighted by molar-refractivity contribution is 0.0629. The van der Waals surface area contributed by atoms with Gasteiger partial charge in [-0.2, -0.15) is 0 Å². The smallest absolute Gasteiger partial charge is 0.253 e. The summed E-state index contributed by atoms with van der Waals surface area (Å²) >= 11 is 7.67. The molecule has 2 aromatic rings. The molecule has 7 heteroatoms. The van der Waals surface area contributed by atoms with E-state index < -0.39 is 0 Å². The number of hydrogen-bond acceptors (Lipinski definition) is 5. The summed E-state index contributed by atoms with van der Waals surface area (Å²) in [4.78, 5) is 23.5. The Balaban J connectivity index is 1.28. The number of anilines is 1. The Morgan fingerprint density at radius 2 is 1.60 bits per heavy atom. The van der Waals surface area contributed by atoms with Gasteiger partial charge in [-0.1, -0.05) is 11.6 Å². The van der Waals surface area contributed by atoms with Crippen molar-refractivity contribution in [3.8, 4) is 0 Å². The highest BCUT2D eigenvalue weighted by Gasteiger charge is 2.23. The van der Waals surface area contributed by atoms with Crippen molar-refractivity contribution in [2.24, 2.45) is 0 Å². The van der Waals surface area contributed by atoms with E-state index in [1.54, 1.807) is 11.3 Å². The topological polar surface area (TPSA) is 30.0 Å². The Kier molecular flexibility index (Phi) is 6.98. The zero-order valence-corrected chi connectivity index (χ0v) is 19.5. The maximum Gasteiger partial charge on any atom is 0.253 e. The maximum atomic E-state index is 12.9. The molecule has 0 atom stereocenters. The first-order valence-corrected chi connectivity index (χ1v) is 12.0. The molecule has 1 aromatic heterocycles. The van der Waals surface area contributed by atoms with Crippen molar-refractivity contribution in [1.82, 2.24) is 14.7 Å². The van der Waals surface area contributed by atoms with Crippen molar-refractivity contribution in [2.45, 2.75) is 26.4 Å². The number of carbonyl (C=O) groups excluding carboxylic acids is 1. The lowest BCUT2D eigenvalue weighted by atomic mass is 10.1. The van der Waals surface area contributed by atoms with Gasteiger partial charge in [-0.15, -0.1) is 11.3 Å². The molecule has 0 N–H and O–H groups in total. The summed E-state index contributed by atoms with van der Waals surface area (Å²) < 4.78 is 0.837. The third kappa shape index (κ3) is 5.17. The summed E-state index contributed by atoms with van der Waals surface area (Å²) in [5.41, 5.74) is 2.01. The monoisotopic (exact) mass is 446 g/mol. The fourth-order valence-corrected chi connectivity index (χ4v) is 5.39. The van der Waals surface area contributed by atoms with Crippen LogP contribution in [0.1, 0.15) is 29.1 Å². The number of thiophene rings is 1. The van der Waals surface area contributed by atoms with Crippen molar-refractivity contribution in [1.29, 1.82) is 0 Å². The molecule has 0 saturated carbocycles. The van der Waals surface area contributed by atoms with E-state index >= 15 is 0 Å². The van der Waals surface area contributed by atoms with Crippen LogP contribution in [-0.2, 0) is 6.54 Å². The first-order chi connectivity index (χ1) is 14.5. The molecule has 1 amide bonds. The molecule has 4 rings (SSSR count). The molecule has 3 heterocycles. The Labute approximate surface area is 188 Å². The van der Waals surface area contributed by atoms with E-state index in [-0.39, 0.29) is 5.91 Å². The molecule has 2 fully saturated rings. The Bertz CT molecular complexity index is 837. The molecule has 0 bridgehead atoms. The molecule has 0 spiro atoms. The second-order valence-corrected chi connectivity index (χ2v) is 10.2. The number of nitrogens with zero attached hydrogens (tertiary/aromatic N) is 4. The predicted molar refractivity (Wildman–Crippen MR) is 126 cm³/mol. The van der Waals surface area contributed by atoms with E-state index in [1.165, 1.54) is 10.6 Å². The molecule has 30 heavy (non-hydrogen) atoms. The number of carbonyl (C=O) groups is 1. The quantitative estimate of drug-likeness (QED) is 0.697. The molecule has 2 saturated heterocycles. The second kappa shape index (κ2) is 9.69. The van der Waals surface area contributed by atoms with Gasteiger partial charge in [0.25, 0.3) is 5.91 Å². The van der Waals surface area contributed by atoms with Crippen LogP contribution in [-0.4, -0.2) is 79.0 Å². The minimum Gasteiger partial charge on any atom is -0.369 e. The zero-order chi connectivity index (χ0) is 21.1. The third-order valence-corrected chi connectivity index (χ3v) is 7.41. The van der Waals surface area contributed by atoms with Gasteiger partial charge in [0.1, 0.15) is 0 Å². The molecule has 0 unspecified atom stereocenters. The molecule has 0 radical (unpaired) electrons. The number of piperazine rings is 2. The zero-order valence-electron chi connectivity index (χ0n) is 17.9. The summed E-state index contributed by atoms with van der Waals surface area (Å²) in [6.07, 6.45) is 0. The highest BCUT2D eigenvalue weighted by Crippen LogP contribution is 2.23. The van der Waals surface area contributed by atoms with Gasteiger partial charge < -0.3 is 9.80 Å². The van der Waals surface area contributed by atoms with E-state index in [0.717, 1.165) is 68.8 Å². The SMILES string of the molecule is CC(C)N1CCN(c2ccc(C(=O)N3CCN(Cc4ccc(Cl)s4)CC3)cc2)CC1. The maximum absolute atomic E-state index is 12.9. The summed E-state index contributed by atoms with van der Waals surface area (Å²) in [5, 5.41) is 0. The van der Waals surface area contributed by atoms with Crippen LogP contribution in [0.2, 0.25) is 4.34 Å². The average Bonchev–Trinajstić information content (AvgIpc) is 3.18. The minimum absolute atomic E-state index is 0.144. The molecule has 1 aromatic carbocycles. The van der Waals surface area contributed by atoms with E-state index in [9.17, 15) is 4.79 Å². The first kappa shape index (κ1) is 21.6. The van der Waals surface area contributed by atoms with E-state index in [1.807, 2.05) is 23.1 Å². The standard InChI is InChI=1S/C23H31ClN4OS/c1-18(2)26-13-15-27(16-14-26)20-5-3-19(4-6-20)23(29)28-11-9-25(10-12-28)17-21-7-8-22(24)30-21/h3-8,18H,9-17H2,1-2H3. The van der Waals surface area contributed by atoms with Crippen LogP contribution in [0.5, 0.6) is 0 Å². The third-order valence-electron chi connectivity index (χ3n) is 6.19. The Morgan fingerprint density at radius 1 is 0.933 bits per heavy atom. The predicted octanol–water partition coefficient (Wildman–Crippen LogP) is 3.89. The van der Waals surface area contributed by atoms with Crippen LogP contribution in [0.25, 0.3) is 0 Å². The second-order valence-electron chi connectivity index (χ2n) is 8.44. The van der Waals surface area contributed by atoms with Gasteiger partial charge in [-0.3, -0.25) is 14.6 Å². The highest BCUT2D eigenvalue weighted by molar-refractivity contribution is 7.16. The fraction of sp³-hybridized carbons (Fsp3) is 0.522. The van der Waals surface area contributed by atoms with E-state index in [2.05, 4.69) is 46.7 Å². The van der Waals surface area contributed by atoms with Crippen molar-refractivity contribution in [3.63, 3.8) is 0 Å². The average molecular weight is 447 g/mol. The molecular weight excluding hydrogens is 416 g/mol. The van der Waals surface area contributed by atoms with Crippen LogP contribution in [0, 0.1) is 0 Å². The summed E-state index contributed by atoms with van der Waals surface area (Å²) in [5.74, 6) is 0.144. The molecule has 2 aliphatic rings. The number of benzene rings is 1. The lowest BCUT2D eigenvalue weighted by Gasteiger charge is -2.38. The Hall–Kier alpha value is -1.60. The summed E-state index contributed by atoms with van der Waals surface area (Å²) in [6.45, 7) is 13.1. The van der Waals surface area contributed by atoms with Gasteiger partial charge in [0.15, 0.2) is 0 Å².